The summed E-state index contributed by atoms with van der Waals surface area (Å²) in [6, 6.07) is 1.54. The first-order chi connectivity index (χ1) is 8.86. The number of hydrogen-bond acceptors (Lipinski definition) is 3. The summed E-state index contributed by atoms with van der Waals surface area (Å²) in [6.07, 6.45) is 2.50. The van der Waals surface area contributed by atoms with E-state index in [0.29, 0.717) is 24.7 Å². The van der Waals surface area contributed by atoms with Crippen LogP contribution in [0.25, 0.3) is 0 Å². The first-order valence-electron chi connectivity index (χ1n) is 6.63. The highest BCUT2D eigenvalue weighted by atomic mass is 32.2. The summed E-state index contributed by atoms with van der Waals surface area (Å²) >= 11 is 0. The van der Waals surface area contributed by atoms with Crippen molar-refractivity contribution in [3.63, 3.8) is 0 Å². The number of hydrogen-bond donors (Lipinski definition) is 1. The van der Waals surface area contributed by atoms with Crippen molar-refractivity contribution in [3.05, 3.63) is 18.0 Å². The highest BCUT2D eigenvalue weighted by Crippen LogP contribution is 2.20. The van der Waals surface area contributed by atoms with Crippen molar-refractivity contribution in [2.45, 2.75) is 38.7 Å². The van der Waals surface area contributed by atoms with Crippen molar-refractivity contribution in [1.29, 1.82) is 0 Å². The summed E-state index contributed by atoms with van der Waals surface area (Å²) in [7, 11) is -1.73. The van der Waals surface area contributed by atoms with E-state index in [0.717, 1.165) is 6.42 Å². The van der Waals surface area contributed by atoms with E-state index in [-0.39, 0.29) is 11.5 Å². The summed E-state index contributed by atoms with van der Waals surface area (Å²) < 4.78 is 28.2. The first-order valence-corrected chi connectivity index (χ1v) is 8.07. The molecule has 1 aromatic rings. The fraction of sp³-hybridized carbons (Fsp3) is 0.692. The van der Waals surface area contributed by atoms with Crippen LogP contribution in [0.2, 0.25) is 0 Å². The molecule has 0 aliphatic carbocycles. The molecule has 110 valence electrons. The van der Waals surface area contributed by atoms with Crippen LogP contribution in [0.1, 0.15) is 32.9 Å². The number of aromatic nitrogens is 1. The molecule has 1 unspecified atom stereocenters. The normalized spacial score (nSPS) is 14.0. The predicted molar refractivity (Wildman–Crippen MR) is 75.2 cm³/mol. The van der Waals surface area contributed by atoms with Gasteiger partial charge in [0.2, 0.25) is 10.0 Å². The molecule has 0 radical (unpaired) electrons. The van der Waals surface area contributed by atoms with Gasteiger partial charge in [-0.05, 0) is 12.0 Å². The van der Waals surface area contributed by atoms with Gasteiger partial charge in [0.05, 0.1) is 6.61 Å². The van der Waals surface area contributed by atoms with Crippen LogP contribution < -0.4 is 0 Å². The average molecular weight is 288 g/mol. The standard InChI is InChI=1S/C13H24N2O3S/c1-5-11(3)8-15(6-2)19(17,18)13-7-12(10-16)14(4)9-13/h7,9,11,16H,5-6,8,10H2,1-4H3. The van der Waals surface area contributed by atoms with Gasteiger partial charge in [0.25, 0.3) is 0 Å². The maximum atomic E-state index is 12.5. The summed E-state index contributed by atoms with van der Waals surface area (Å²) in [5.41, 5.74) is 0.596. The Labute approximate surface area is 115 Å². The Bertz CT molecular complexity index is 508. The Kier molecular flexibility index (Phi) is 5.58. The summed E-state index contributed by atoms with van der Waals surface area (Å²) in [4.78, 5) is 0.254. The zero-order valence-electron chi connectivity index (χ0n) is 12.1. The van der Waals surface area contributed by atoms with Crippen LogP contribution in [0, 0.1) is 5.92 Å². The van der Waals surface area contributed by atoms with Crippen LogP contribution in [0.15, 0.2) is 17.2 Å². The minimum atomic E-state index is -3.47. The van der Waals surface area contributed by atoms with Crippen molar-refractivity contribution in [2.24, 2.45) is 13.0 Å². The lowest BCUT2D eigenvalue weighted by Gasteiger charge is -2.22. The van der Waals surface area contributed by atoms with Gasteiger partial charge in [-0.25, -0.2) is 8.42 Å². The SMILES string of the molecule is CCC(C)CN(CC)S(=O)(=O)c1cc(CO)n(C)c1. The van der Waals surface area contributed by atoms with E-state index in [4.69, 9.17) is 5.11 Å². The summed E-state index contributed by atoms with van der Waals surface area (Å²) in [6.45, 7) is 6.76. The molecule has 1 heterocycles. The number of aliphatic hydroxyl groups is 1. The monoisotopic (exact) mass is 288 g/mol. The molecule has 0 bridgehead atoms. The minimum Gasteiger partial charge on any atom is -0.390 e. The lowest BCUT2D eigenvalue weighted by Crippen LogP contribution is -2.34. The van der Waals surface area contributed by atoms with Crippen LogP contribution in [0.3, 0.4) is 0 Å². The zero-order valence-corrected chi connectivity index (χ0v) is 12.9. The maximum absolute atomic E-state index is 12.5. The molecule has 0 aromatic carbocycles. The fourth-order valence-corrected chi connectivity index (χ4v) is 3.56. The Morgan fingerprint density at radius 1 is 1.42 bits per heavy atom. The number of sulfonamides is 1. The van der Waals surface area contributed by atoms with Crippen molar-refractivity contribution < 1.29 is 13.5 Å². The Morgan fingerprint density at radius 3 is 2.47 bits per heavy atom. The van der Waals surface area contributed by atoms with E-state index >= 15 is 0 Å². The topological polar surface area (TPSA) is 62.5 Å². The number of nitrogens with zero attached hydrogens (tertiary/aromatic N) is 2. The van der Waals surface area contributed by atoms with Gasteiger partial charge in [-0.1, -0.05) is 27.2 Å². The largest absolute Gasteiger partial charge is 0.390 e. The van der Waals surface area contributed by atoms with Gasteiger partial charge in [-0.3, -0.25) is 0 Å². The molecule has 1 aromatic heterocycles. The second-order valence-electron chi connectivity index (χ2n) is 4.91. The molecule has 0 aliphatic rings. The van der Waals surface area contributed by atoms with Gasteiger partial charge in [0.15, 0.2) is 0 Å². The molecule has 5 nitrogen and oxygen atoms in total. The van der Waals surface area contributed by atoms with E-state index in [1.807, 2.05) is 13.8 Å². The Morgan fingerprint density at radius 2 is 2.05 bits per heavy atom. The van der Waals surface area contributed by atoms with Crippen molar-refractivity contribution in [3.8, 4) is 0 Å². The van der Waals surface area contributed by atoms with Crippen LogP contribution in [0.4, 0.5) is 0 Å². The van der Waals surface area contributed by atoms with E-state index in [9.17, 15) is 8.42 Å². The van der Waals surface area contributed by atoms with E-state index in [1.54, 1.807) is 17.8 Å². The zero-order chi connectivity index (χ0) is 14.6. The van der Waals surface area contributed by atoms with Crippen molar-refractivity contribution >= 4 is 10.0 Å². The van der Waals surface area contributed by atoms with Crippen LogP contribution in [-0.2, 0) is 23.7 Å². The second-order valence-corrected chi connectivity index (χ2v) is 6.84. The molecule has 0 aliphatic heterocycles. The lowest BCUT2D eigenvalue weighted by atomic mass is 10.1. The third kappa shape index (κ3) is 3.58. The molecule has 0 amide bonds. The Balaban J connectivity index is 3.06. The van der Waals surface area contributed by atoms with Gasteiger partial charge >= 0.3 is 0 Å². The van der Waals surface area contributed by atoms with E-state index in [2.05, 4.69) is 6.92 Å². The molecule has 0 spiro atoms. The quantitative estimate of drug-likeness (QED) is 0.828. The smallest absolute Gasteiger partial charge is 0.244 e. The second kappa shape index (κ2) is 6.54. The molecule has 0 saturated carbocycles. The van der Waals surface area contributed by atoms with Crippen LogP contribution >= 0.6 is 0 Å². The van der Waals surface area contributed by atoms with Gasteiger partial charge in [-0.15, -0.1) is 0 Å². The molecule has 19 heavy (non-hydrogen) atoms. The summed E-state index contributed by atoms with van der Waals surface area (Å²) in [5, 5.41) is 9.15. The third-order valence-corrected chi connectivity index (χ3v) is 5.35. The number of rotatable bonds is 7. The predicted octanol–water partition coefficient (Wildman–Crippen LogP) is 1.57. The van der Waals surface area contributed by atoms with Crippen molar-refractivity contribution in [2.75, 3.05) is 13.1 Å². The van der Waals surface area contributed by atoms with Crippen molar-refractivity contribution in [1.82, 2.24) is 8.87 Å². The lowest BCUT2D eigenvalue weighted by molar-refractivity contribution is 0.272. The summed E-state index contributed by atoms with van der Waals surface area (Å²) in [5.74, 6) is 0.329. The number of aliphatic hydroxyl groups excluding tert-OH is 1. The maximum Gasteiger partial charge on any atom is 0.244 e. The van der Waals surface area contributed by atoms with Crippen LogP contribution in [-0.4, -0.2) is 35.5 Å². The highest BCUT2D eigenvalue weighted by Gasteiger charge is 2.25. The van der Waals surface area contributed by atoms with E-state index < -0.39 is 10.0 Å². The van der Waals surface area contributed by atoms with Gasteiger partial charge in [0.1, 0.15) is 4.90 Å². The molecule has 6 heteroatoms. The van der Waals surface area contributed by atoms with Gasteiger partial charge < -0.3 is 9.67 Å². The van der Waals surface area contributed by atoms with Gasteiger partial charge in [-0.2, -0.15) is 4.31 Å². The fourth-order valence-electron chi connectivity index (χ4n) is 1.90. The Hall–Kier alpha value is -0.850. The number of aryl methyl sites for hydroxylation is 1. The third-order valence-electron chi connectivity index (χ3n) is 3.45. The van der Waals surface area contributed by atoms with Crippen LogP contribution in [0.5, 0.6) is 0 Å². The average Bonchev–Trinajstić information content (AvgIpc) is 2.77. The molecule has 0 fully saturated rings. The molecular formula is C13H24N2O3S. The molecule has 1 rings (SSSR count). The van der Waals surface area contributed by atoms with Gasteiger partial charge in [0, 0.05) is 32.0 Å². The van der Waals surface area contributed by atoms with E-state index in [1.165, 1.54) is 10.4 Å². The highest BCUT2D eigenvalue weighted by molar-refractivity contribution is 7.89. The molecule has 1 N–H and O–H groups in total. The minimum absolute atomic E-state index is 0.163. The first kappa shape index (κ1) is 16.2. The molecular weight excluding hydrogens is 264 g/mol. The molecule has 0 saturated heterocycles. The molecule has 1 atom stereocenters.